The zero-order chi connectivity index (χ0) is 9.26. The Labute approximate surface area is 86.1 Å². The van der Waals surface area contributed by atoms with Gasteiger partial charge in [0.15, 0.2) is 0 Å². The minimum absolute atomic E-state index is 0.929. The van der Waals surface area contributed by atoms with Crippen molar-refractivity contribution in [2.75, 3.05) is 0 Å². The molecule has 2 heterocycles. The van der Waals surface area contributed by atoms with Crippen molar-refractivity contribution in [1.29, 1.82) is 0 Å². The van der Waals surface area contributed by atoms with Gasteiger partial charge in [0.2, 0.25) is 0 Å². The zero-order valence-corrected chi connectivity index (χ0v) is 8.77. The van der Waals surface area contributed by atoms with Gasteiger partial charge in [-0.1, -0.05) is 0 Å². The van der Waals surface area contributed by atoms with Crippen molar-refractivity contribution >= 4 is 24.0 Å². The monoisotopic (exact) mass is 208 g/mol. The molecule has 0 atom stereocenters. The second-order valence-corrected chi connectivity index (χ2v) is 4.51. The molecule has 0 saturated heterocycles. The molecule has 2 aromatic heterocycles. The standard InChI is InChI=1S/C9H8N2S2/c1-6-2-3-10-4-7(6)9-11-5-8(12)13-9/h2-5,12H,1H3. The largest absolute Gasteiger partial charge is 0.264 e. The van der Waals surface area contributed by atoms with Gasteiger partial charge in [0.1, 0.15) is 5.01 Å². The second kappa shape index (κ2) is 3.47. The molecule has 13 heavy (non-hydrogen) atoms. The van der Waals surface area contributed by atoms with Crippen molar-refractivity contribution in [2.24, 2.45) is 0 Å². The molecule has 2 rings (SSSR count). The van der Waals surface area contributed by atoms with E-state index in [4.69, 9.17) is 0 Å². The van der Waals surface area contributed by atoms with Crippen molar-refractivity contribution in [3.05, 3.63) is 30.2 Å². The highest BCUT2D eigenvalue weighted by molar-refractivity contribution is 7.83. The topological polar surface area (TPSA) is 25.8 Å². The van der Waals surface area contributed by atoms with Crippen molar-refractivity contribution in [3.63, 3.8) is 0 Å². The van der Waals surface area contributed by atoms with Crippen molar-refractivity contribution in [3.8, 4) is 10.6 Å². The lowest BCUT2D eigenvalue weighted by atomic mass is 10.2. The summed E-state index contributed by atoms with van der Waals surface area (Å²) in [6.45, 7) is 2.05. The van der Waals surface area contributed by atoms with Crippen LogP contribution in [0.2, 0.25) is 0 Å². The van der Waals surface area contributed by atoms with E-state index in [-0.39, 0.29) is 0 Å². The molecule has 4 heteroatoms. The van der Waals surface area contributed by atoms with Crippen LogP contribution in [0, 0.1) is 6.92 Å². The van der Waals surface area contributed by atoms with Crippen LogP contribution < -0.4 is 0 Å². The van der Waals surface area contributed by atoms with Crippen LogP contribution in [0.3, 0.4) is 0 Å². The molecule has 0 aliphatic heterocycles. The fraction of sp³-hybridized carbons (Fsp3) is 0.111. The van der Waals surface area contributed by atoms with Gasteiger partial charge in [0.05, 0.1) is 10.4 Å². The molecule has 0 bridgehead atoms. The van der Waals surface area contributed by atoms with E-state index in [0.29, 0.717) is 0 Å². The summed E-state index contributed by atoms with van der Waals surface area (Å²) in [6, 6.07) is 1.98. The smallest absolute Gasteiger partial charge is 0.126 e. The lowest BCUT2D eigenvalue weighted by molar-refractivity contribution is 1.27. The Kier molecular flexibility index (Phi) is 2.33. The summed E-state index contributed by atoms with van der Waals surface area (Å²) in [5.74, 6) is 0. The Hall–Kier alpha value is -0.870. The number of hydrogen-bond donors (Lipinski definition) is 1. The number of thiazole rings is 1. The van der Waals surface area contributed by atoms with E-state index in [9.17, 15) is 0 Å². The first-order valence-corrected chi connectivity index (χ1v) is 5.09. The molecule has 0 saturated carbocycles. The third-order valence-electron chi connectivity index (χ3n) is 1.76. The van der Waals surface area contributed by atoms with Gasteiger partial charge >= 0.3 is 0 Å². The number of aryl methyl sites for hydroxylation is 1. The average molecular weight is 208 g/mol. The van der Waals surface area contributed by atoms with Crippen LogP contribution in [0.4, 0.5) is 0 Å². The summed E-state index contributed by atoms with van der Waals surface area (Å²) < 4.78 is 0.929. The summed E-state index contributed by atoms with van der Waals surface area (Å²) in [7, 11) is 0. The number of hydrogen-bond acceptors (Lipinski definition) is 4. The van der Waals surface area contributed by atoms with E-state index in [1.807, 2.05) is 12.3 Å². The van der Waals surface area contributed by atoms with Gasteiger partial charge in [-0.15, -0.1) is 24.0 Å². The molecule has 0 aromatic carbocycles. The van der Waals surface area contributed by atoms with Crippen molar-refractivity contribution in [1.82, 2.24) is 9.97 Å². The molecule has 0 amide bonds. The van der Waals surface area contributed by atoms with E-state index < -0.39 is 0 Å². The van der Waals surface area contributed by atoms with Crippen LogP contribution in [0.5, 0.6) is 0 Å². The molecule has 0 aliphatic carbocycles. The Bertz CT molecular complexity index is 423. The van der Waals surface area contributed by atoms with Crippen LogP contribution in [-0.2, 0) is 0 Å². The van der Waals surface area contributed by atoms with Crippen molar-refractivity contribution < 1.29 is 0 Å². The van der Waals surface area contributed by atoms with Gasteiger partial charge in [0, 0.05) is 18.0 Å². The summed E-state index contributed by atoms with van der Waals surface area (Å²) in [6.07, 6.45) is 5.38. The second-order valence-electron chi connectivity index (χ2n) is 2.69. The molecule has 0 N–H and O–H groups in total. The molecule has 2 aromatic rings. The lowest BCUT2D eigenvalue weighted by Gasteiger charge is -1.98. The first-order chi connectivity index (χ1) is 6.27. The summed E-state index contributed by atoms with van der Waals surface area (Å²) in [5.41, 5.74) is 2.28. The molecular weight excluding hydrogens is 200 g/mol. The van der Waals surface area contributed by atoms with E-state index in [1.165, 1.54) is 5.56 Å². The third kappa shape index (κ3) is 1.73. The highest BCUT2D eigenvalue weighted by Gasteiger charge is 2.04. The minimum atomic E-state index is 0.929. The third-order valence-corrected chi connectivity index (χ3v) is 2.99. The maximum atomic E-state index is 4.25. The molecule has 0 spiro atoms. The van der Waals surface area contributed by atoms with Gasteiger partial charge in [-0.3, -0.25) is 4.98 Å². The summed E-state index contributed by atoms with van der Waals surface area (Å²) in [5, 5.41) is 0.982. The predicted octanol–water partition coefficient (Wildman–Crippen LogP) is 2.80. The predicted molar refractivity (Wildman–Crippen MR) is 57.3 cm³/mol. The molecule has 0 unspecified atom stereocenters. The number of nitrogens with zero attached hydrogens (tertiary/aromatic N) is 2. The van der Waals surface area contributed by atoms with E-state index in [0.717, 1.165) is 14.8 Å². The minimum Gasteiger partial charge on any atom is -0.264 e. The van der Waals surface area contributed by atoms with E-state index >= 15 is 0 Å². The first-order valence-electron chi connectivity index (χ1n) is 3.83. The molecule has 2 nitrogen and oxygen atoms in total. The first kappa shape index (κ1) is 8.72. The number of aromatic nitrogens is 2. The molecule has 0 radical (unpaired) electrons. The van der Waals surface area contributed by atoms with Gasteiger partial charge < -0.3 is 0 Å². The van der Waals surface area contributed by atoms with Gasteiger partial charge in [-0.2, -0.15) is 0 Å². The van der Waals surface area contributed by atoms with E-state index in [2.05, 4.69) is 29.5 Å². The fourth-order valence-corrected chi connectivity index (χ4v) is 2.13. The molecular formula is C9H8N2S2. The normalized spacial score (nSPS) is 10.3. The Morgan fingerprint density at radius 1 is 1.38 bits per heavy atom. The molecule has 66 valence electrons. The van der Waals surface area contributed by atoms with Gasteiger partial charge in [0.25, 0.3) is 0 Å². The average Bonchev–Trinajstić information content (AvgIpc) is 2.53. The summed E-state index contributed by atoms with van der Waals surface area (Å²) in [4.78, 5) is 8.32. The molecule has 0 fully saturated rings. The van der Waals surface area contributed by atoms with Gasteiger partial charge in [-0.05, 0) is 18.6 Å². The Morgan fingerprint density at radius 2 is 2.23 bits per heavy atom. The zero-order valence-electron chi connectivity index (χ0n) is 7.06. The van der Waals surface area contributed by atoms with Crippen LogP contribution in [0.15, 0.2) is 28.9 Å². The fourth-order valence-electron chi connectivity index (χ4n) is 1.08. The summed E-state index contributed by atoms with van der Waals surface area (Å²) >= 11 is 5.79. The molecule has 0 aliphatic rings. The highest BCUT2D eigenvalue weighted by Crippen LogP contribution is 2.28. The van der Waals surface area contributed by atoms with Crippen LogP contribution in [-0.4, -0.2) is 9.97 Å². The number of thiol groups is 1. The highest BCUT2D eigenvalue weighted by atomic mass is 32.2. The Morgan fingerprint density at radius 3 is 2.85 bits per heavy atom. The number of pyridine rings is 1. The maximum Gasteiger partial charge on any atom is 0.126 e. The number of rotatable bonds is 1. The maximum absolute atomic E-state index is 4.25. The Balaban J connectivity index is 2.52. The lowest BCUT2D eigenvalue weighted by Crippen LogP contribution is -1.82. The SMILES string of the molecule is Cc1ccncc1-c1ncc(S)s1. The van der Waals surface area contributed by atoms with Crippen LogP contribution in [0.25, 0.3) is 10.6 Å². The quantitative estimate of drug-likeness (QED) is 0.729. The van der Waals surface area contributed by atoms with Crippen LogP contribution in [0.1, 0.15) is 5.56 Å². The van der Waals surface area contributed by atoms with Gasteiger partial charge in [-0.25, -0.2) is 4.98 Å². The van der Waals surface area contributed by atoms with E-state index in [1.54, 1.807) is 23.7 Å². The van der Waals surface area contributed by atoms with Crippen LogP contribution >= 0.6 is 24.0 Å². The van der Waals surface area contributed by atoms with Crippen molar-refractivity contribution in [2.45, 2.75) is 11.1 Å².